The van der Waals surface area contributed by atoms with Gasteiger partial charge in [-0.15, -0.1) is 11.6 Å². The topological polar surface area (TPSA) is 77.8 Å². The average molecular weight is 160 g/mol. The van der Waals surface area contributed by atoms with Gasteiger partial charge in [0.1, 0.15) is 0 Å². The predicted octanol–water partition coefficient (Wildman–Crippen LogP) is -0.279. The predicted molar refractivity (Wildman–Crippen MR) is 28.8 cm³/mol. The van der Waals surface area contributed by atoms with E-state index in [0.717, 1.165) is 0 Å². The lowest BCUT2D eigenvalue weighted by Gasteiger charge is -2.06. The molecule has 1 unspecified atom stereocenters. The average Bonchev–Trinajstić information content (AvgIpc) is 1.62. The zero-order valence-corrected chi connectivity index (χ0v) is 5.51. The molecule has 6 heteroatoms. The minimum atomic E-state index is -4.33. The molecule has 0 heterocycles. The van der Waals surface area contributed by atoms with Gasteiger partial charge in [-0.25, -0.2) is 0 Å². The molecule has 0 aromatic rings. The summed E-state index contributed by atoms with van der Waals surface area (Å²) in [5.41, 5.74) is 0. The zero-order chi connectivity index (χ0) is 6.78. The third-order valence-electron chi connectivity index (χ3n) is 0.526. The van der Waals surface area contributed by atoms with E-state index in [2.05, 4.69) is 0 Å². The number of rotatable bonds is 2. The van der Waals surface area contributed by atoms with Crippen molar-refractivity contribution in [1.29, 1.82) is 0 Å². The van der Waals surface area contributed by atoms with Crippen LogP contribution >= 0.6 is 19.2 Å². The Balaban J connectivity index is 3.82. The molecule has 50 valence electrons. The highest BCUT2D eigenvalue weighted by Gasteiger charge is 2.24. The highest BCUT2D eigenvalue weighted by Crippen LogP contribution is 2.39. The molecule has 0 aliphatic heterocycles. The van der Waals surface area contributed by atoms with Crippen molar-refractivity contribution in [1.82, 2.24) is 0 Å². The molecule has 0 aliphatic carbocycles. The van der Waals surface area contributed by atoms with Crippen molar-refractivity contribution in [2.24, 2.45) is 0 Å². The Kier molecular flexibility index (Phi) is 2.94. The van der Waals surface area contributed by atoms with Crippen molar-refractivity contribution < 1.29 is 19.5 Å². The number of hydrogen-bond donors (Lipinski definition) is 3. The molecule has 0 spiro atoms. The summed E-state index contributed by atoms with van der Waals surface area (Å²) in [5.74, 6) is -2.16. The highest BCUT2D eigenvalue weighted by atomic mass is 35.5. The molecule has 1 atom stereocenters. The third kappa shape index (κ3) is 2.64. The van der Waals surface area contributed by atoms with E-state index in [1.54, 1.807) is 0 Å². The molecule has 0 bridgehead atoms. The van der Waals surface area contributed by atoms with Crippen LogP contribution < -0.4 is 0 Å². The fraction of sp³-hybridized carbons (Fsp3) is 1.00. The second-order valence-corrected chi connectivity index (χ2v) is 3.31. The molecule has 0 radical (unpaired) electrons. The van der Waals surface area contributed by atoms with Crippen LogP contribution in [0.15, 0.2) is 0 Å². The third-order valence-corrected chi connectivity index (χ3v) is 1.99. The van der Waals surface area contributed by atoms with E-state index >= 15 is 0 Å². The molecule has 0 fully saturated rings. The molecule has 3 N–H and O–H groups in total. The molecule has 8 heavy (non-hydrogen) atoms. The number of halogens is 1. The summed E-state index contributed by atoms with van der Waals surface area (Å²) in [5, 5.41) is 8.30. The van der Waals surface area contributed by atoms with Crippen LogP contribution in [0.5, 0.6) is 0 Å². The van der Waals surface area contributed by atoms with Crippen LogP contribution in [0.25, 0.3) is 0 Å². The van der Waals surface area contributed by atoms with Gasteiger partial charge in [0.25, 0.3) is 0 Å². The lowest BCUT2D eigenvalue weighted by Crippen LogP contribution is -2.07. The van der Waals surface area contributed by atoms with Crippen molar-refractivity contribution in [2.45, 2.75) is 5.85 Å². The first-order valence-electron chi connectivity index (χ1n) is 1.77. The van der Waals surface area contributed by atoms with Crippen LogP contribution in [0.1, 0.15) is 0 Å². The Bertz CT molecular complexity index is 109. The van der Waals surface area contributed by atoms with Crippen molar-refractivity contribution in [3.05, 3.63) is 0 Å². The van der Waals surface area contributed by atoms with Crippen LogP contribution in [0.3, 0.4) is 0 Å². The molecular formula is C2H6ClO4P. The van der Waals surface area contributed by atoms with Gasteiger partial charge in [0, 0.05) is 0 Å². The number of aliphatic hydroxyl groups excluding tert-OH is 1. The Morgan fingerprint density at radius 3 is 2.00 bits per heavy atom. The van der Waals surface area contributed by atoms with E-state index in [1.807, 2.05) is 0 Å². The smallest absolute Gasteiger partial charge is 0.354 e. The zero-order valence-electron chi connectivity index (χ0n) is 3.86. The Morgan fingerprint density at radius 1 is 1.62 bits per heavy atom. The summed E-state index contributed by atoms with van der Waals surface area (Å²) in [6.45, 7) is 0. The lowest BCUT2D eigenvalue weighted by atomic mass is 10.9. The summed E-state index contributed by atoms with van der Waals surface area (Å²) < 4.78 is 9.92. The number of hydrogen-bond acceptors (Lipinski definition) is 2. The fourth-order valence-corrected chi connectivity index (χ4v) is 0.809. The second kappa shape index (κ2) is 2.80. The van der Waals surface area contributed by atoms with Crippen LogP contribution in [0.2, 0.25) is 0 Å². The second-order valence-electron chi connectivity index (χ2n) is 1.22. The molecule has 4 nitrogen and oxygen atoms in total. The number of aliphatic hydroxyl groups is 1. The van der Waals surface area contributed by atoms with Gasteiger partial charge in [0.05, 0.1) is 5.88 Å². The summed E-state index contributed by atoms with van der Waals surface area (Å²) in [7, 11) is -4.33. The molecule has 0 rings (SSSR count). The largest absolute Gasteiger partial charge is 0.379 e. The maximum absolute atomic E-state index is 9.92. The molecule has 0 aromatic heterocycles. The van der Waals surface area contributed by atoms with E-state index in [1.165, 1.54) is 0 Å². The minimum Gasteiger partial charge on any atom is -0.379 e. The fourth-order valence-electron chi connectivity index (χ4n) is 0.0899. The highest BCUT2D eigenvalue weighted by molar-refractivity contribution is 7.52. The van der Waals surface area contributed by atoms with Crippen LogP contribution in [-0.2, 0) is 4.57 Å². The van der Waals surface area contributed by atoms with E-state index in [0.29, 0.717) is 0 Å². The van der Waals surface area contributed by atoms with Crippen molar-refractivity contribution in [3.8, 4) is 0 Å². The van der Waals surface area contributed by atoms with Gasteiger partial charge in [-0.05, 0) is 0 Å². The van der Waals surface area contributed by atoms with Gasteiger partial charge in [-0.2, -0.15) is 0 Å². The summed E-state index contributed by atoms with van der Waals surface area (Å²) in [4.78, 5) is 16.1. The van der Waals surface area contributed by atoms with Gasteiger partial charge >= 0.3 is 7.60 Å². The number of alkyl halides is 1. The van der Waals surface area contributed by atoms with Crippen molar-refractivity contribution in [3.63, 3.8) is 0 Å². The van der Waals surface area contributed by atoms with E-state index in [9.17, 15) is 4.57 Å². The summed E-state index contributed by atoms with van der Waals surface area (Å²) in [6.07, 6.45) is 0. The first-order chi connectivity index (χ1) is 3.48. The van der Waals surface area contributed by atoms with Gasteiger partial charge in [-0.1, -0.05) is 0 Å². The van der Waals surface area contributed by atoms with Gasteiger partial charge < -0.3 is 14.9 Å². The van der Waals surface area contributed by atoms with E-state index in [-0.39, 0.29) is 0 Å². The molecule has 0 aromatic carbocycles. The SMILES string of the molecule is O=P(O)(O)C(O)CCl. The first kappa shape index (κ1) is 8.40. The lowest BCUT2D eigenvalue weighted by molar-refractivity contribution is 0.220. The Labute approximate surface area is 51.3 Å². The Morgan fingerprint density at radius 2 is 2.00 bits per heavy atom. The van der Waals surface area contributed by atoms with Gasteiger partial charge in [0.2, 0.25) is 0 Å². The molecule has 0 aliphatic rings. The molecule has 0 saturated carbocycles. The van der Waals surface area contributed by atoms with Gasteiger partial charge in [-0.3, -0.25) is 4.57 Å². The van der Waals surface area contributed by atoms with Crippen LogP contribution in [0, 0.1) is 0 Å². The van der Waals surface area contributed by atoms with E-state index in [4.69, 9.17) is 26.5 Å². The van der Waals surface area contributed by atoms with Crippen LogP contribution in [0.4, 0.5) is 0 Å². The summed E-state index contributed by atoms with van der Waals surface area (Å²) in [6, 6.07) is 0. The summed E-state index contributed by atoms with van der Waals surface area (Å²) >= 11 is 4.89. The Hall–Kier alpha value is 0.400. The maximum atomic E-state index is 9.92. The molecular weight excluding hydrogens is 154 g/mol. The molecule has 0 amide bonds. The monoisotopic (exact) mass is 160 g/mol. The van der Waals surface area contributed by atoms with Gasteiger partial charge in [0.15, 0.2) is 5.85 Å². The normalized spacial score (nSPS) is 16.0. The first-order valence-corrected chi connectivity index (χ1v) is 3.99. The van der Waals surface area contributed by atoms with E-state index < -0.39 is 19.3 Å². The van der Waals surface area contributed by atoms with Crippen molar-refractivity contribution >= 4 is 19.2 Å². The minimum absolute atomic E-state index is 0.440. The van der Waals surface area contributed by atoms with Crippen LogP contribution in [-0.4, -0.2) is 26.6 Å². The quantitative estimate of drug-likeness (QED) is 0.384. The van der Waals surface area contributed by atoms with Crippen molar-refractivity contribution in [2.75, 3.05) is 5.88 Å². The maximum Gasteiger partial charge on any atom is 0.354 e. The standard InChI is InChI=1S/C2H6ClO4P/c3-1-2(4)8(5,6)7/h2,4H,1H2,(H2,5,6,7). The molecule has 0 saturated heterocycles.